The van der Waals surface area contributed by atoms with Crippen molar-refractivity contribution in [1.82, 2.24) is 10.6 Å². The van der Waals surface area contributed by atoms with Crippen LogP contribution < -0.4 is 10.6 Å². The second-order valence-corrected chi connectivity index (χ2v) is 5.55. The number of hydrogen-bond acceptors (Lipinski definition) is 6. The zero-order valence-corrected chi connectivity index (χ0v) is 14.4. The lowest BCUT2D eigenvalue weighted by atomic mass is 10.1. The first-order valence-electron chi connectivity index (χ1n) is 7.90. The number of nitrogens with one attached hydrogen (secondary N) is 2. The maximum Gasteiger partial charge on any atom is 0.338 e. The van der Waals surface area contributed by atoms with Crippen LogP contribution in [0.2, 0.25) is 0 Å². The molecule has 0 saturated carbocycles. The number of urea groups is 1. The van der Waals surface area contributed by atoms with E-state index in [1.165, 1.54) is 19.1 Å². The summed E-state index contributed by atoms with van der Waals surface area (Å²) in [5.41, 5.74) is 0.958. The van der Waals surface area contributed by atoms with Gasteiger partial charge in [-0.25, -0.2) is 9.59 Å². The summed E-state index contributed by atoms with van der Waals surface area (Å²) in [5, 5.41) is 15.4. The maximum atomic E-state index is 11.9. The molecule has 0 fully saturated rings. The number of hydrogen-bond donors (Lipinski definition) is 2. The van der Waals surface area contributed by atoms with Crippen molar-refractivity contribution in [1.29, 1.82) is 0 Å². The van der Waals surface area contributed by atoms with Gasteiger partial charge in [0.25, 0.3) is 11.6 Å². The molecule has 140 valence electrons. The highest BCUT2D eigenvalue weighted by atomic mass is 16.6. The third-order valence-corrected chi connectivity index (χ3v) is 3.52. The van der Waals surface area contributed by atoms with Crippen molar-refractivity contribution in [2.45, 2.75) is 13.5 Å². The predicted octanol–water partition coefficient (Wildman–Crippen LogP) is 2.09. The summed E-state index contributed by atoms with van der Waals surface area (Å²) in [6.45, 7) is 1.07. The fourth-order valence-corrected chi connectivity index (χ4v) is 2.13. The molecule has 0 saturated heterocycles. The second-order valence-electron chi connectivity index (χ2n) is 5.55. The molecule has 0 aromatic heterocycles. The lowest BCUT2D eigenvalue weighted by molar-refractivity contribution is -0.385. The van der Waals surface area contributed by atoms with Crippen LogP contribution in [-0.2, 0) is 16.1 Å². The number of rotatable bonds is 6. The molecule has 0 unspecified atom stereocenters. The molecule has 0 heterocycles. The number of ether oxygens (including phenoxy) is 1. The number of carbonyl (C=O) groups excluding carboxylic acids is 3. The molecule has 0 atom stereocenters. The average Bonchev–Trinajstić information content (AvgIpc) is 2.65. The minimum Gasteiger partial charge on any atom is -0.452 e. The average molecular weight is 371 g/mol. The number of aryl methyl sites for hydroxylation is 1. The molecule has 2 aromatic rings. The maximum absolute atomic E-state index is 11.9. The van der Waals surface area contributed by atoms with Gasteiger partial charge in [0.05, 0.1) is 10.5 Å². The monoisotopic (exact) mass is 371 g/mol. The number of nitro groups is 1. The minimum atomic E-state index is -0.905. The predicted molar refractivity (Wildman–Crippen MR) is 94.9 cm³/mol. The van der Waals surface area contributed by atoms with Gasteiger partial charge in [-0.05, 0) is 18.6 Å². The summed E-state index contributed by atoms with van der Waals surface area (Å²) in [5.74, 6) is -1.73. The highest BCUT2D eigenvalue weighted by Crippen LogP contribution is 2.19. The van der Waals surface area contributed by atoms with Crippen molar-refractivity contribution < 1.29 is 24.0 Å². The van der Waals surface area contributed by atoms with Gasteiger partial charge in [0.15, 0.2) is 6.61 Å². The molecule has 0 radical (unpaired) electrons. The molecule has 0 aliphatic rings. The third kappa shape index (κ3) is 5.92. The largest absolute Gasteiger partial charge is 0.452 e. The Labute approximate surface area is 154 Å². The van der Waals surface area contributed by atoms with Crippen LogP contribution in [0.3, 0.4) is 0 Å². The Bertz CT molecular complexity index is 867. The van der Waals surface area contributed by atoms with Crippen molar-refractivity contribution in [3.05, 3.63) is 75.3 Å². The summed E-state index contributed by atoms with van der Waals surface area (Å²) in [6.07, 6.45) is 0. The highest BCUT2D eigenvalue weighted by molar-refractivity contribution is 5.97. The first-order valence-corrected chi connectivity index (χ1v) is 7.90. The molecule has 9 nitrogen and oxygen atoms in total. The molecule has 2 aromatic carbocycles. The standard InChI is InChI=1S/C18H17N3O6/c1-12-7-8-14(9-15(12)21(25)26)17(23)27-11-16(22)20-18(24)19-10-13-5-3-2-4-6-13/h2-9H,10-11H2,1H3,(H2,19,20,22,24). The van der Waals surface area contributed by atoms with E-state index in [0.717, 1.165) is 11.6 Å². The molecule has 3 amide bonds. The molecule has 2 N–H and O–H groups in total. The van der Waals surface area contributed by atoms with E-state index in [-0.39, 0.29) is 17.8 Å². The number of imide groups is 1. The van der Waals surface area contributed by atoms with E-state index in [4.69, 9.17) is 4.74 Å². The molecular formula is C18H17N3O6. The van der Waals surface area contributed by atoms with Crippen LogP contribution in [0.25, 0.3) is 0 Å². The van der Waals surface area contributed by atoms with Crippen molar-refractivity contribution in [3.63, 3.8) is 0 Å². The van der Waals surface area contributed by atoms with Gasteiger partial charge in [0, 0.05) is 18.2 Å². The zero-order chi connectivity index (χ0) is 19.8. The lowest BCUT2D eigenvalue weighted by Gasteiger charge is -2.08. The van der Waals surface area contributed by atoms with Crippen molar-refractivity contribution in [2.75, 3.05) is 6.61 Å². The molecule has 0 bridgehead atoms. The molecule has 0 aliphatic heterocycles. The van der Waals surface area contributed by atoms with Crippen molar-refractivity contribution >= 4 is 23.6 Å². The first kappa shape index (κ1) is 19.6. The van der Waals surface area contributed by atoms with E-state index in [9.17, 15) is 24.5 Å². The van der Waals surface area contributed by atoms with Crippen molar-refractivity contribution in [3.8, 4) is 0 Å². The van der Waals surface area contributed by atoms with Crippen LogP contribution in [0.1, 0.15) is 21.5 Å². The molecule has 27 heavy (non-hydrogen) atoms. The van der Waals surface area contributed by atoms with Crippen LogP contribution in [0.5, 0.6) is 0 Å². The molecular weight excluding hydrogens is 354 g/mol. The summed E-state index contributed by atoms with van der Waals surface area (Å²) in [7, 11) is 0. The zero-order valence-electron chi connectivity index (χ0n) is 14.4. The number of esters is 1. The van der Waals surface area contributed by atoms with Crippen molar-refractivity contribution in [2.24, 2.45) is 0 Å². The van der Waals surface area contributed by atoms with Crippen LogP contribution in [0.4, 0.5) is 10.5 Å². The Morgan fingerprint density at radius 2 is 1.81 bits per heavy atom. The van der Waals surface area contributed by atoms with Crippen LogP contribution in [0.15, 0.2) is 48.5 Å². The number of amides is 3. The summed E-state index contributed by atoms with van der Waals surface area (Å²) in [6, 6.07) is 12.2. The molecule has 9 heteroatoms. The smallest absolute Gasteiger partial charge is 0.338 e. The SMILES string of the molecule is Cc1ccc(C(=O)OCC(=O)NC(=O)NCc2ccccc2)cc1[N+](=O)[O-]. The Morgan fingerprint density at radius 1 is 1.11 bits per heavy atom. The topological polar surface area (TPSA) is 128 Å². The molecule has 2 rings (SSSR count). The highest BCUT2D eigenvalue weighted by Gasteiger charge is 2.17. The van der Waals surface area contributed by atoms with Gasteiger partial charge >= 0.3 is 12.0 Å². The van der Waals surface area contributed by atoms with Crippen LogP contribution >= 0.6 is 0 Å². The Kier molecular flexibility index (Phi) is 6.59. The van der Waals surface area contributed by atoms with Gasteiger partial charge in [0.1, 0.15) is 0 Å². The lowest BCUT2D eigenvalue weighted by Crippen LogP contribution is -2.41. The number of carbonyl (C=O) groups is 3. The fourth-order valence-electron chi connectivity index (χ4n) is 2.13. The van der Waals surface area contributed by atoms with Gasteiger partial charge in [-0.3, -0.25) is 20.2 Å². The Balaban J connectivity index is 1.81. The summed E-state index contributed by atoms with van der Waals surface area (Å²) >= 11 is 0. The third-order valence-electron chi connectivity index (χ3n) is 3.52. The first-order chi connectivity index (χ1) is 12.9. The van der Waals surface area contributed by atoms with Gasteiger partial charge in [0.2, 0.25) is 0 Å². The molecule has 0 aliphatic carbocycles. The summed E-state index contributed by atoms with van der Waals surface area (Å²) < 4.78 is 4.77. The van der Waals surface area contributed by atoms with E-state index in [1.807, 2.05) is 35.6 Å². The summed E-state index contributed by atoms with van der Waals surface area (Å²) in [4.78, 5) is 45.5. The van der Waals surface area contributed by atoms with Gasteiger partial charge in [-0.15, -0.1) is 0 Å². The number of benzene rings is 2. The number of nitrogens with zero attached hydrogens (tertiary/aromatic N) is 1. The van der Waals surface area contributed by atoms with E-state index in [0.29, 0.717) is 5.56 Å². The minimum absolute atomic E-state index is 0.0615. The quantitative estimate of drug-likeness (QED) is 0.455. The second kappa shape index (κ2) is 9.09. The molecule has 0 spiro atoms. The Hall–Kier alpha value is -3.75. The Morgan fingerprint density at radius 3 is 2.48 bits per heavy atom. The van der Waals surface area contributed by atoms with Gasteiger partial charge in [-0.2, -0.15) is 0 Å². The van der Waals surface area contributed by atoms with Gasteiger partial charge in [-0.1, -0.05) is 36.4 Å². The van der Waals surface area contributed by atoms with E-state index in [2.05, 4.69) is 5.32 Å². The fraction of sp³-hybridized carbons (Fsp3) is 0.167. The van der Waals surface area contributed by atoms with Crippen LogP contribution in [-0.4, -0.2) is 29.4 Å². The van der Waals surface area contributed by atoms with E-state index >= 15 is 0 Å². The normalized spacial score (nSPS) is 9.96. The van der Waals surface area contributed by atoms with E-state index in [1.54, 1.807) is 0 Å². The van der Waals surface area contributed by atoms with E-state index < -0.39 is 29.4 Å². The van der Waals surface area contributed by atoms with Gasteiger partial charge < -0.3 is 10.1 Å². The van der Waals surface area contributed by atoms with Crippen LogP contribution in [0, 0.1) is 17.0 Å². The number of nitro benzene ring substituents is 1.